The monoisotopic (exact) mass is 433 g/mol. The van der Waals surface area contributed by atoms with Crippen LogP contribution in [0.4, 0.5) is 0 Å². The van der Waals surface area contributed by atoms with Gasteiger partial charge < -0.3 is 15.5 Å². The van der Waals surface area contributed by atoms with Gasteiger partial charge in [0.2, 0.25) is 5.91 Å². The highest BCUT2D eigenvalue weighted by Gasteiger charge is 2.42. The molecule has 2 fully saturated rings. The molecule has 0 aliphatic carbocycles. The van der Waals surface area contributed by atoms with Gasteiger partial charge in [-0.25, -0.2) is 4.98 Å². The summed E-state index contributed by atoms with van der Waals surface area (Å²) >= 11 is 0. The molecule has 9 heteroatoms. The predicted molar refractivity (Wildman–Crippen MR) is 97.7 cm³/mol. The summed E-state index contributed by atoms with van der Waals surface area (Å²) in [6.45, 7) is 4.15. The minimum absolute atomic E-state index is 0. The van der Waals surface area contributed by atoms with Crippen molar-refractivity contribution in [1.82, 2.24) is 30.3 Å². The Balaban J connectivity index is 0.00000192. The van der Waals surface area contributed by atoms with Crippen molar-refractivity contribution in [3.63, 3.8) is 0 Å². The predicted octanol–water partition coefficient (Wildman–Crippen LogP) is 0.0736. The average Bonchev–Trinajstić information content (AvgIpc) is 3.14. The fourth-order valence-electron chi connectivity index (χ4n) is 3.39. The second-order valence-electron chi connectivity index (χ2n) is 6.11. The van der Waals surface area contributed by atoms with Crippen LogP contribution in [0.1, 0.15) is 19.3 Å². The molecule has 8 nitrogen and oxygen atoms in total. The Morgan fingerprint density at radius 1 is 1.57 bits per heavy atom. The standard InChI is InChI=1S/C14H23N7O.HI/c1-15-13(17-4-6-21-11-16-10-19-21)20-5-2-3-14(9-20)7-12(22)18-8-14;/h10-11H,2-9H2,1H3,(H,15,17)(H,18,22);1H. The van der Waals surface area contributed by atoms with Gasteiger partial charge >= 0.3 is 0 Å². The molecule has 1 amide bonds. The van der Waals surface area contributed by atoms with E-state index in [4.69, 9.17) is 0 Å². The number of amides is 1. The van der Waals surface area contributed by atoms with E-state index >= 15 is 0 Å². The number of nitrogens with one attached hydrogen (secondary N) is 2. The molecule has 3 heterocycles. The molecule has 1 aromatic rings. The highest BCUT2D eigenvalue weighted by molar-refractivity contribution is 14.0. The first-order valence-corrected chi connectivity index (χ1v) is 7.75. The van der Waals surface area contributed by atoms with E-state index in [2.05, 4.69) is 30.6 Å². The van der Waals surface area contributed by atoms with Crippen molar-refractivity contribution in [2.75, 3.05) is 33.2 Å². The van der Waals surface area contributed by atoms with Gasteiger partial charge in [-0.15, -0.1) is 24.0 Å². The maximum Gasteiger partial charge on any atom is 0.220 e. The first-order chi connectivity index (χ1) is 10.7. The number of hydrogen-bond donors (Lipinski definition) is 2. The van der Waals surface area contributed by atoms with Crippen LogP contribution in [0.25, 0.3) is 0 Å². The molecule has 1 aromatic heterocycles. The molecule has 3 rings (SSSR count). The van der Waals surface area contributed by atoms with E-state index in [0.717, 1.165) is 51.5 Å². The van der Waals surface area contributed by atoms with E-state index in [9.17, 15) is 4.79 Å². The number of aliphatic imine (C=N–C) groups is 1. The number of carbonyl (C=O) groups is 1. The number of rotatable bonds is 3. The van der Waals surface area contributed by atoms with Crippen LogP contribution in [0.15, 0.2) is 17.6 Å². The van der Waals surface area contributed by atoms with E-state index in [1.165, 1.54) is 6.33 Å². The van der Waals surface area contributed by atoms with Gasteiger partial charge in [-0.05, 0) is 12.8 Å². The zero-order valence-corrected chi connectivity index (χ0v) is 15.7. The lowest BCUT2D eigenvalue weighted by Gasteiger charge is -2.40. The number of aromatic nitrogens is 3. The third-order valence-corrected chi connectivity index (χ3v) is 4.46. The van der Waals surface area contributed by atoms with E-state index in [1.807, 2.05) is 0 Å². The smallest absolute Gasteiger partial charge is 0.220 e. The van der Waals surface area contributed by atoms with Crippen molar-refractivity contribution in [3.8, 4) is 0 Å². The SMILES string of the molecule is CN=C(NCCn1cncn1)N1CCCC2(CNC(=O)C2)C1.I. The zero-order chi connectivity index (χ0) is 15.4. The Labute approximate surface area is 153 Å². The van der Waals surface area contributed by atoms with Gasteiger partial charge in [0.15, 0.2) is 5.96 Å². The molecule has 1 spiro atoms. The minimum Gasteiger partial charge on any atom is -0.355 e. The first-order valence-electron chi connectivity index (χ1n) is 7.75. The zero-order valence-electron chi connectivity index (χ0n) is 13.4. The topological polar surface area (TPSA) is 87.4 Å². The lowest BCUT2D eigenvalue weighted by molar-refractivity contribution is -0.119. The number of guanidine groups is 1. The summed E-state index contributed by atoms with van der Waals surface area (Å²) in [5.41, 5.74) is 0.0822. The van der Waals surface area contributed by atoms with Gasteiger partial charge in [0.05, 0.1) is 6.54 Å². The Bertz CT molecular complexity index is 547. The maximum atomic E-state index is 11.6. The fourth-order valence-corrected chi connectivity index (χ4v) is 3.39. The number of piperidine rings is 1. The summed E-state index contributed by atoms with van der Waals surface area (Å²) < 4.78 is 1.79. The third kappa shape index (κ3) is 4.33. The molecule has 2 N–H and O–H groups in total. The molecular formula is C14H24IN7O. The van der Waals surface area contributed by atoms with Crippen molar-refractivity contribution < 1.29 is 4.79 Å². The normalized spacial score (nSPS) is 24.5. The van der Waals surface area contributed by atoms with Crippen LogP contribution in [0, 0.1) is 5.41 Å². The van der Waals surface area contributed by atoms with E-state index in [-0.39, 0.29) is 35.3 Å². The van der Waals surface area contributed by atoms with Gasteiger partial charge in [-0.2, -0.15) is 5.10 Å². The Hall–Kier alpha value is -1.39. The van der Waals surface area contributed by atoms with Gasteiger partial charge in [0.1, 0.15) is 12.7 Å². The van der Waals surface area contributed by atoms with Crippen molar-refractivity contribution in [2.24, 2.45) is 10.4 Å². The third-order valence-electron chi connectivity index (χ3n) is 4.46. The van der Waals surface area contributed by atoms with Crippen LogP contribution in [0.5, 0.6) is 0 Å². The number of carbonyl (C=O) groups excluding carboxylic acids is 1. The van der Waals surface area contributed by atoms with Crippen LogP contribution in [-0.4, -0.2) is 64.8 Å². The summed E-state index contributed by atoms with van der Waals surface area (Å²) in [6, 6.07) is 0. The van der Waals surface area contributed by atoms with Crippen LogP contribution < -0.4 is 10.6 Å². The second-order valence-corrected chi connectivity index (χ2v) is 6.11. The van der Waals surface area contributed by atoms with Crippen LogP contribution in [-0.2, 0) is 11.3 Å². The molecule has 0 bridgehead atoms. The van der Waals surface area contributed by atoms with Gasteiger partial charge in [-0.3, -0.25) is 14.5 Å². The number of hydrogen-bond acceptors (Lipinski definition) is 4. The molecule has 23 heavy (non-hydrogen) atoms. The summed E-state index contributed by atoms with van der Waals surface area (Å²) in [4.78, 5) is 22.2. The fraction of sp³-hybridized carbons (Fsp3) is 0.714. The highest BCUT2D eigenvalue weighted by Crippen LogP contribution is 2.35. The van der Waals surface area contributed by atoms with Crippen molar-refractivity contribution in [1.29, 1.82) is 0 Å². The number of nitrogens with zero attached hydrogens (tertiary/aromatic N) is 5. The minimum atomic E-state index is 0. The molecule has 1 atom stereocenters. The summed E-state index contributed by atoms with van der Waals surface area (Å²) in [7, 11) is 1.80. The van der Waals surface area contributed by atoms with Gasteiger partial charge in [0.25, 0.3) is 0 Å². The molecule has 0 radical (unpaired) electrons. The quantitative estimate of drug-likeness (QED) is 0.401. The van der Waals surface area contributed by atoms with Crippen LogP contribution >= 0.6 is 24.0 Å². The first kappa shape index (κ1) is 18.0. The molecule has 0 saturated carbocycles. The van der Waals surface area contributed by atoms with E-state index < -0.39 is 0 Å². The van der Waals surface area contributed by atoms with Crippen molar-refractivity contribution in [2.45, 2.75) is 25.8 Å². The lowest BCUT2D eigenvalue weighted by Crippen LogP contribution is -2.51. The largest absolute Gasteiger partial charge is 0.355 e. The molecule has 1 unspecified atom stereocenters. The molecule has 128 valence electrons. The summed E-state index contributed by atoms with van der Waals surface area (Å²) in [6.07, 6.45) is 6.08. The number of halogens is 1. The maximum absolute atomic E-state index is 11.6. The molecule has 2 aliphatic heterocycles. The molecule has 2 aliphatic rings. The van der Waals surface area contributed by atoms with Crippen molar-refractivity contribution in [3.05, 3.63) is 12.7 Å². The summed E-state index contributed by atoms with van der Waals surface area (Å²) in [5, 5.41) is 10.4. The number of likely N-dealkylation sites (tertiary alicyclic amines) is 1. The molecule has 2 saturated heterocycles. The second kappa shape index (κ2) is 7.93. The van der Waals surface area contributed by atoms with Gasteiger partial charge in [-0.1, -0.05) is 0 Å². The van der Waals surface area contributed by atoms with Crippen molar-refractivity contribution >= 4 is 35.8 Å². The van der Waals surface area contributed by atoms with Gasteiger partial charge in [0, 0.05) is 45.1 Å². The van der Waals surface area contributed by atoms with E-state index in [0.29, 0.717) is 6.42 Å². The highest BCUT2D eigenvalue weighted by atomic mass is 127. The van der Waals surface area contributed by atoms with Crippen LogP contribution in [0.3, 0.4) is 0 Å². The molecule has 0 aromatic carbocycles. The molecular weight excluding hydrogens is 409 g/mol. The Morgan fingerprint density at radius 2 is 2.43 bits per heavy atom. The lowest BCUT2D eigenvalue weighted by atomic mass is 9.79. The Kier molecular flexibility index (Phi) is 6.19. The average molecular weight is 433 g/mol. The van der Waals surface area contributed by atoms with E-state index in [1.54, 1.807) is 18.1 Å². The summed E-state index contributed by atoms with van der Waals surface area (Å²) in [5.74, 6) is 1.08. The van der Waals surface area contributed by atoms with Crippen LogP contribution in [0.2, 0.25) is 0 Å². The Morgan fingerprint density at radius 3 is 3.09 bits per heavy atom.